The monoisotopic (exact) mass is 946 g/mol. The Hall–Kier alpha value is -8.40. The van der Waals surface area contributed by atoms with Gasteiger partial charge in [-0.25, -0.2) is 9.97 Å². The van der Waals surface area contributed by atoms with Crippen LogP contribution in [0.15, 0.2) is 97.1 Å². The molecule has 0 bridgehead atoms. The highest BCUT2D eigenvalue weighted by atomic mass is 16.5. The van der Waals surface area contributed by atoms with E-state index in [0.717, 1.165) is 11.1 Å². The fraction of sp³-hybridized carbons (Fsp3) is 0.280. The molecule has 0 saturated carbocycles. The summed E-state index contributed by atoms with van der Waals surface area (Å²) in [4.78, 5) is 62.9. The van der Waals surface area contributed by atoms with Crippen molar-refractivity contribution in [2.75, 3.05) is 63.5 Å². The summed E-state index contributed by atoms with van der Waals surface area (Å²) in [6.07, 6.45) is 1.00. The molecule has 4 aromatic carbocycles. The van der Waals surface area contributed by atoms with Gasteiger partial charge in [-0.1, -0.05) is 84.3 Å². The van der Waals surface area contributed by atoms with Crippen molar-refractivity contribution >= 4 is 35.0 Å². The number of rotatable bonds is 8. The van der Waals surface area contributed by atoms with E-state index in [9.17, 15) is 29.4 Å². The van der Waals surface area contributed by atoms with Gasteiger partial charge in [0.1, 0.15) is 48.4 Å². The van der Waals surface area contributed by atoms with Crippen LogP contribution >= 0.6 is 0 Å². The van der Waals surface area contributed by atoms with E-state index in [1.807, 2.05) is 60.7 Å². The van der Waals surface area contributed by atoms with E-state index in [4.69, 9.17) is 18.9 Å². The number of aromatic amines is 2. The van der Waals surface area contributed by atoms with Crippen LogP contribution in [0.3, 0.4) is 0 Å². The largest absolute Gasteiger partial charge is 0.489 e. The zero-order valence-electron chi connectivity index (χ0n) is 37.9. The molecular weight excluding hydrogens is 901 g/mol. The third-order valence-electron chi connectivity index (χ3n) is 11.5. The van der Waals surface area contributed by atoms with E-state index < -0.39 is 35.1 Å². The van der Waals surface area contributed by atoms with Crippen molar-refractivity contribution in [3.63, 3.8) is 0 Å². The van der Waals surface area contributed by atoms with Crippen molar-refractivity contribution in [3.8, 4) is 35.2 Å². The number of H-pyrrole nitrogens is 2. The second kappa shape index (κ2) is 20.1. The maximum absolute atomic E-state index is 13.0. The van der Waals surface area contributed by atoms with Crippen LogP contribution in [0.25, 0.3) is 0 Å². The molecule has 6 N–H and O–H groups in total. The van der Waals surface area contributed by atoms with E-state index >= 15 is 0 Å². The number of carbonyl (C=O) groups is 4. The van der Waals surface area contributed by atoms with Crippen molar-refractivity contribution in [2.45, 2.75) is 36.1 Å². The van der Waals surface area contributed by atoms with Crippen molar-refractivity contribution in [3.05, 3.63) is 143 Å². The van der Waals surface area contributed by atoms with E-state index in [1.165, 1.54) is 9.80 Å². The van der Waals surface area contributed by atoms with E-state index in [2.05, 4.69) is 64.7 Å². The molecule has 356 valence electrons. The summed E-state index contributed by atoms with van der Waals surface area (Å²) in [5.41, 5.74) is 2.15. The summed E-state index contributed by atoms with van der Waals surface area (Å²) in [5, 5.41) is 39.0. The lowest BCUT2D eigenvalue weighted by atomic mass is 10.0. The van der Waals surface area contributed by atoms with Gasteiger partial charge in [-0.2, -0.15) is 0 Å². The van der Waals surface area contributed by atoms with Crippen LogP contribution in [0.5, 0.6) is 11.5 Å². The SMILES string of the molecule is CN1C(=O)C(NC(=O)c2n[nH]c(Cc3ccccc3)n2)COc2cc(C#CC3(O)COC3)ccc21.CN1C(=O)[C@H](NC(=O)c2n[nH]c(Cc3ccccc3)n2)COc2cc(C#CC3(O)COC3)ccc21. The number of carbonyl (C=O) groups excluding carboxylic acids is 4. The number of amides is 4. The molecule has 4 aliphatic rings. The number of ether oxygens (including phenoxy) is 4. The Labute approximate surface area is 400 Å². The minimum Gasteiger partial charge on any atom is -0.489 e. The number of nitrogens with one attached hydrogen (secondary N) is 4. The number of fused-ring (bicyclic) bond motifs is 2. The van der Waals surface area contributed by atoms with Crippen molar-refractivity contribution in [1.29, 1.82) is 0 Å². The maximum Gasteiger partial charge on any atom is 0.291 e. The number of aliphatic hydroxyl groups is 2. The van der Waals surface area contributed by atoms with E-state index in [-0.39, 0.29) is 63.1 Å². The second-order valence-corrected chi connectivity index (χ2v) is 16.9. The normalized spacial score (nSPS) is 18.3. The molecule has 1 unspecified atom stereocenters. The Kier molecular flexibility index (Phi) is 13.4. The van der Waals surface area contributed by atoms with Gasteiger partial charge in [0, 0.05) is 38.1 Å². The minimum absolute atomic E-state index is 0.0522. The molecule has 2 saturated heterocycles. The van der Waals surface area contributed by atoms with E-state index in [0.29, 0.717) is 58.5 Å². The molecule has 2 atom stereocenters. The lowest BCUT2D eigenvalue weighted by Gasteiger charge is -2.30. The Morgan fingerprint density at radius 2 is 1.04 bits per heavy atom. The van der Waals surface area contributed by atoms with E-state index in [1.54, 1.807) is 50.5 Å². The Balaban J connectivity index is 0.000000174. The number of hydrogen-bond donors (Lipinski definition) is 6. The van der Waals surface area contributed by atoms with Crippen LogP contribution in [0.2, 0.25) is 0 Å². The Morgan fingerprint density at radius 1 is 0.643 bits per heavy atom. The quantitative estimate of drug-likeness (QED) is 0.118. The minimum atomic E-state index is -1.13. The van der Waals surface area contributed by atoms with Crippen LogP contribution in [0.1, 0.15) is 55.1 Å². The fourth-order valence-corrected chi connectivity index (χ4v) is 7.46. The van der Waals surface area contributed by atoms with Crippen LogP contribution in [-0.4, -0.2) is 141 Å². The van der Waals surface area contributed by atoms with Crippen molar-refractivity contribution < 1.29 is 48.3 Å². The van der Waals surface area contributed by atoms with Gasteiger partial charge in [-0.3, -0.25) is 29.4 Å². The molecule has 6 aromatic rings. The lowest BCUT2D eigenvalue weighted by Crippen LogP contribution is -2.49. The predicted octanol–water partition coefficient (Wildman–Crippen LogP) is 1.32. The number of hydrogen-bond acceptors (Lipinski definition) is 14. The molecule has 70 heavy (non-hydrogen) atoms. The van der Waals surface area contributed by atoms with Gasteiger partial charge in [0.25, 0.3) is 23.6 Å². The number of nitrogens with zero attached hydrogens (tertiary/aromatic N) is 6. The molecule has 4 amide bonds. The highest BCUT2D eigenvalue weighted by molar-refractivity contribution is 6.03. The molecule has 0 aliphatic carbocycles. The molecule has 6 heterocycles. The first-order valence-electron chi connectivity index (χ1n) is 22.1. The van der Waals surface area contributed by atoms with Crippen molar-refractivity contribution in [1.82, 2.24) is 41.0 Å². The molecule has 2 aromatic heterocycles. The molecular formula is C50H46N10O10. The van der Waals surface area contributed by atoms with Gasteiger partial charge in [0.05, 0.1) is 37.8 Å². The van der Waals surface area contributed by atoms with Crippen LogP contribution in [0, 0.1) is 23.7 Å². The molecule has 10 rings (SSSR count). The predicted molar refractivity (Wildman–Crippen MR) is 250 cm³/mol. The molecule has 0 spiro atoms. The lowest BCUT2D eigenvalue weighted by molar-refractivity contribution is -0.140. The van der Waals surface area contributed by atoms with Crippen LogP contribution in [-0.2, 0) is 31.9 Å². The number of aromatic nitrogens is 6. The van der Waals surface area contributed by atoms with Gasteiger partial charge >= 0.3 is 0 Å². The van der Waals surface area contributed by atoms with Gasteiger partial charge in [0.15, 0.2) is 11.2 Å². The van der Waals surface area contributed by atoms with Gasteiger partial charge < -0.3 is 49.6 Å². The summed E-state index contributed by atoms with van der Waals surface area (Å²) in [5.74, 6) is 11.5. The standard InChI is InChI=1S/2C25H23N5O5/c2*1-30-19-8-7-17(9-10-25(33)14-34-15-25)11-20(19)35-13-18(24(30)32)26-23(31)22-27-21(28-29-22)12-16-5-3-2-4-6-16/h2*2-8,11,18,33H,12-15H2,1H3,(H,26,31)(H,27,28,29)/t18-;/m1./s1. The zero-order valence-corrected chi connectivity index (χ0v) is 37.9. The fourth-order valence-electron chi connectivity index (χ4n) is 7.46. The number of anilines is 2. The summed E-state index contributed by atoms with van der Waals surface area (Å²) in [6.45, 7) is 0.574. The van der Waals surface area contributed by atoms with Crippen molar-refractivity contribution in [2.24, 2.45) is 0 Å². The first-order chi connectivity index (χ1) is 33.8. The van der Waals surface area contributed by atoms with Gasteiger partial charge in [-0.05, 0) is 47.5 Å². The third kappa shape index (κ3) is 10.8. The van der Waals surface area contributed by atoms with Crippen LogP contribution in [0.4, 0.5) is 11.4 Å². The first kappa shape index (κ1) is 46.7. The summed E-state index contributed by atoms with van der Waals surface area (Å²) >= 11 is 0. The molecule has 2 fully saturated rings. The third-order valence-corrected chi connectivity index (χ3v) is 11.5. The average Bonchev–Trinajstić information content (AvgIpc) is 3.99. The molecule has 4 aliphatic heterocycles. The summed E-state index contributed by atoms with van der Waals surface area (Å²) in [6, 6.07) is 27.8. The number of benzene rings is 4. The Bertz CT molecular complexity index is 2850. The highest BCUT2D eigenvalue weighted by Gasteiger charge is 2.36. The summed E-state index contributed by atoms with van der Waals surface area (Å²) in [7, 11) is 3.22. The molecule has 0 radical (unpaired) electrons. The molecule has 20 heteroatoms. The van der Waals surface area contributed by atoms with Gasteiger partial charge in [0.2, 0.25) is 11.6 Å². The maximum atomic E-state index is 13.0. The number of likely N-dealkylation sites (N-methyl/N-ethyl adjacent to an activating group) is 2. The first-order valence-corrected chi connectivity index (χ1v) is 22.1. The second-order valence-electron chi connectivity index (χ2n) is 16.9. The highest BCUT2D eigenvalue weighted by Crippen LogP contribution is 2.33. The van der Waals surface area contributed by atoms with Gasteiger partial charge in [-0.15, -0.1) is 10.2 Å². The average molecular weight is 947 g/mol. The topological polar surface area (TPSA) is 259 Å². The van der Waals surface area contributed by atoms with Crippen LogP contribution < -0.4 is 29.9 Å². The Morgan fingerprint density at radius 3 is 1.41 bits per heavy atom. The summed E-state index contributed by atoms with van der Waals surface area (Å²) < 4.78 is 21.7. The molecule has 20 nitrogen and oxygen atoms in total. The smallest absolute Gasteiger partial charge is 0.291 e. The zero-order chi connectivity index (χ0) is 48.8.